The number of carbonyl (C=O) groups is 4. The van der Waals surface area contributed by atoms with E-state index >= 15 is 0 Å². The number of benzene rings is 2. The molecule has 88 heavy (non-hydrogen) atoms. The maximum atomic E-state index is 13.3. The number of nitrogens with one attached hydrogen (secondary N) is 2. The minimum atomic E-state index is -0.877. The number of amides is 4. The van der Waals surface area contributed by atoms with Crippen molar-refractivity contribution in [3.05, 3.63) is 116 Å². The number of unbranched alkanes of at least 4 members (excludes halogenated alkanes) is 8. The van der Waals surface area contributed by atoms with Crippen molar-refractivity contribution in [2.24, 2.45) is 5.41 Å². The first-order valence-electron chi connectivity index (χ1n) is 32.8. The summed E-state index contributed by atoms with van der Waals surface area (Å²) in [6.07, 6.45) is 20.6. The average Bonchev–Trinajstić information content (AvgIpc) is 0.878. The predicted octanol–water partition coefficient (Wildman–Crippen LogP) is 13.5. The third kappa shape index (κ3) is 18.3. The van der Waals surface area contributed by atoms with Crippen LogP contribution in [0.5, 0.6) is 0 Å². The lowest BCUT2D eigenvalue weighted by Gasteiger charge is -2.56. The van der Waals surface area contributed by atoms with Crippen LogP contribution in [0, 0.1) is 12.3 Å². The number of ether oxygens (including phenoxy) is 3. The molecule has 0 radical (unpaired) electrons. The van der Waals surface area contributed by atoms with Gasteiger partial charge in [-0.25, -0.2) is 4.79 Å². The van der Waals surface area contributed by atoms with Crippen molar-refractivity contribution in [1.82, 2.24) is 39.9 Å². The number of rotatable bonds is 26. The van der Waals surface area contributed by atoms with E-state index < -0.39 is 11.2 Å². The van der Waals surface area contributed by atoms with Gasteiger partial charge < -0.3 is 49.3 Å². The van der Waals surface area contributed by atoms with Crippen molar-refractivity contribution in [2.75, 3.05) is 63.8 Å². The molecule has 4 fully saturated rings. The molecule has 0 bridgehead atoms. The Balaban J connectivity index is 0.000000282. The Morgan fingerprint density at radius 3 is 1.57 bits per heavy atom. The van der Waals surface area contributed by atoms with E-state index in [0.29, 0.717) is 56.4 Å². The van der Waals surface area contributed by atoms with Crippen molar-refractivity contribution >= 4 is 35.7 Å². The van der Waals surface area contributed by atoms with E-state index in [2.05, 4.69) is 121 Å². The first-order valence-corrected chi connectivity index (χ1v) is 32.8. The van der Waals surface area contributed by atoms with Crippen molar-refractivity contribution in [3.8, 4) is 0 Å². The van der Waals surface area contributed by atoms with Gasteiger partial charge in [-0.2, -0.15) is 15.0 Å². The number of piperidine rings is 3. The van der Waals surface area contributed by atoms with Crippen LogP contribution < -0.4 is 15.5 Å². The average molecular weight is 1220 g/mol. The van der Waals surface area contributed by atoms with Crippen LogP contribution in [0.2, 0.25) is 0 Å². The van der Waals surface area contributed by atoms with Gasteiger partial charge in [0.2, 0.25) is 29.6 Å². The molecule has 2 N–H and O–H groups in total. The summed E-state index contributed by atoms with van der Waals surface area (Å²) in [5, 5.41) is 5.98. The minimum absolute atomic E-state index is 0.0163. The van der Waals surface area contributed by atoms with E-state index in [-0.39, 0.29) is 70.7 Å². The molecule has 4 saturated heterocycles. The van der Waals surface area contributed by atoms with Gasteiger partial charge in [-0.15, -0.1) is 0 Å². The van der Waals surface area contributed by atoms with E-state index in [0.717, 1.165) is 94.8 Å². The predicted molar refractivity (Wildman–Crippen MR) is 354 cm³/mol. The summed E-state index contributed by atoms with van der Waals surface area (Å²) in [6, 6.07) is 20.2. The Bertz CT molecular complexity index is 2680. The van der Waals surface area contributed by atoms with Crippen LogP contribution in [0.25, 0.3) is 0 Å². The Hall–Kier alpha value is -6.17. The van der Waals surface area contributed by atoms with E-state index in [1.807, 2.05) is 89.3 Å². The van der Waals surface area contributed by atoms with Crippen LogP contribution in [0.3, 0.4) is 0 Å². The van der Waals surface area contributed by atoms with Crippen molar-refractivity contribution in [1.29, 1.82) is 0 Å². The standard InChI is InChI=1S/C36H62N8O2.C35H48N2O5/c1-14-29(45)43-33(4,5)22-27(23-34(43,6)7)41(13)20-18-16-17-19-21-42(32-39-26(3)38-31(37-12)40-32)28-24-35(8,9)44(30(46)15-2)36(10,11)25-28;1-4-7-8-9-10-17-22-36-33(39)40-25-34(6-3)26-41-35(42-27-34)23-30(28-18-13-11-14-19-28)37(32(38)5-2)31(24-35)29-20-15-12-16-21-29/h14-15,27-28H,1-2,16-25H2,3-13H3,(H,37,38,39,40);5,11-16,18-21,30-31H,2,4,6-10,17,22-27H2,1,3H3,(H,36,39). The second kappa shape index (κ2) is 31.5. The van der Waals surface area contributed by atoms with Crippen LogP contribution in [0.15, 0.2) is 98.6 Å². The van der Waals surface area contributed by atoms with Gasteiger partial charge in [-0.1, -0.05) is 139 Å². The van der Waals surface area contributed by atoms with E-state index in [1.165, 1.54) is 43.9 Å². The largest absolute Gasteiger partial charge is 0.449 e. The van der Waals surface area contributed by atoms with Gasteiger partial charge in [-0.3, -0.25) is 14.4 Å². The van der Waals surface area contributed by atoms with Gasteiger partial charge in [0.1, 0.15) is 12.4 Å². The number of aryl methyl sites for hydroxylation is 1. The van der Waals surface area contributed by atoms with E-state index in [1.54, 1.807) is 0 Å². The molecule has 2 aromatic carbocycles. The second-order valence-corrected chi connectivity index (χ2v) is 27.8. The maximum absolute atomic E-state index is 13.3. The summed E-state index contributed by atoms with van der Waals surface area (Å²) in [5.74, 6) is 0.946. The van der Waals surface area contributed by atoms with Gasteiger partial charge in [0, 0.05) is 67.2 Å². The fraction of sp³-hybridized carbons (Fsp3) is 0.648. The van der Waals surface area contributed by atoms with Crippen molar-refractivity contribution in [3.63, 3.8) is 0 Å². The van der Waals surface area contributed by atoms with Crippen LogP contribution in [-0.4, -0.2) is 152 Å². The van der Waals surface area contributed by atoms with Gasteiger partial charge in [0.25, 0.3) is 0 Å². The Morgan fingerprint density at radius 2 is 1.09 bits per heavy atom. The molecule has 7 rings (SSSR count). The molecule has 486 valence electrons. The molecule has 17 nitrogen and oxygen atoms in total. The zero-order chi connectivity index (χ0) is 64.5. The Kier molecular flexibility index (Phi) is 25.4. The number of aromatic nitrogens is 3. The molecule has 3 aromatic rings. The molecule has 2 unspecified atom stereocenters. The highest BCUT2D eigenvalue weighted by molar-refractivity contribution is 5.89. The zero-order valence-electron chi connectivity index (χ0n) is 56.1. The third-order valence-corrected chi connectivity index (χ3v) is 18.9. The maximum Gasteiger partial charge on any atom is 0.407 e. The van der Waals surface area contributed by atoms with Crippen LogP contribution in [0.4, 0.5) is 16.7 Å². The normalized spacial score (nSPS) is 23.1. The Labute approximate surface area is 528 Å². The molecule has 17 heteroatoms. The zero-order valence-corrected chi connectivity index (χ0v) is 56.1. The quantitative estimate of drug-likeness (QED) is 0.0574. The lowest BCUT2D eigenvalue weighted by atomic mass is 9.76. The molecule has 0 aliphatic carbocycles. The number of nitrogens with zero attached hydrogens (tertiary/aromatic N) is 8. The third-order valence-electron chi connectivity index (χ3n) is 18.9. The number of carbonyl (C=O) groups excluding carboxylic acids is 4. The lowest BCUT2D eigenvalue weighted by Crippen LogP contribution is -2.66. The molecular weight excluding hydrogens is 1100 g/mol. The molecule has 4 aliphatic rings. The van der Waals surface area contributed by atoms with Gasteiger partial charge in [0.05, 0.1) is 30.7 Å². The summed E-state index contributed by atoms with van der Waals surface area (Å²) >= 11 is 0. The molecule has 1 spiro atoms. The molecule has 5 heterocycles. The van der Waals surface area contributed by atoms with Gasteiger partial charge in [0.15, 0.2) is 5.79 Å². The minimum Gasteiger partial charge on any atom is -0.449 e. The molecule has 1 aromatic heterocycles. The molecular formula is C71H110N10O7. The van der Waals surface area contributed by atoms with Crippen molar-refractivity contribution < 1.29 is 33.4 Å². The van der Waals surface area contributed by atoms with Gasteiger partial charge >= 0.3 is 6.09 Å². The van der Waals surface area contributed by atoms with Crippen LogP contribution in [0.1, 0.15) is 207 Å². The summed E-state index contributed by atoms with van der Waals surface area (Å²) in [5.41, 5.74) is 0.457. The number of hydrogen-bond acceptors (Lipinski definition) is 13. The smallest absolute Gasteiger partial charge is 0.407 e. The van der Waals surface area contributed by atoms with Crippen molar-refractivity contribution in [2.45, 2.75) is 237 Å². The molecule has 2 atom stereocenters. The molecule has 4 amide bonds. The topological polar surface area (TPSA) is 175 Å². The molecule has 4 aliphatic heterocycles. The first kappa shape index (κ1) is 70.9. The summed E-state index contributed by atoms with van der Waals surface area (Å²) in [4.78, 5) is 76.3. The molecule has 0 saturated carbocycles. The Morgan fingerprint density at radius 1 is 0.625 bits per heavy atom. The fourth-order valence-electron chi connectivity index (χ4n) is 14.7. The second-order valence-electron chi connectivity index (χ2n) is 27.8. The summed E-state index contributed by atoms with van der Waals surface area (Å²) in [7, 11) is 4.07. The van der Waals surface area contributed by atoms with Crippen LogP contribution >= 0.6 is 0 Å². The lowest BCUT2D eigenvalue weighted by molar-refractivity contribution is -0.331. The van der Waals surface area contributed by atoms with E-state index in [9.17, 15) is 19.2 Å². The van der Waals surface area contributed by atoms with Crippen LogP contribution in [-0.2, 0) is 28.6 Å². The number of hydrogen-bond donors (Lipinski definition) is 2. The highest BCUT2D eigenvalue weighted by Gasteiger charge is 2.54. The number of likely N-dealkylation sites (tertiary alicyclic amines) is 3. The van der Waals surface area contributed by atoms with E-state index in [4.69, 9.17) is 24.2 Å². The summed E-state index contributed by atoms with van der Waals surface area (Å²) < 4.78 is 19.0. The monoisotopic (exact) mass is 1210 g/mol. The fourth-order valence-corrected chi connectivity index (χ4v) is 14.7. The highest BCUT2D eigenvalue weighted by Crippen LogP contribution is 2.51. The van der Waals surface area contributed by atoms with Gasteiger partial charge in [-0.05, 0) is 157 Å². The number of anilines is 2. The number of alkyl carbamates (subject to hydrolysis) is 1. The first-order chi connectivity index (χ1) is 41.7. The summed E-state index contributed by atoms with van der Waals surface area (Å²) in [6.45, 7) is 38.4. The highest BCUT2D eigenvalue weighted by atomic mass is 16.7. The SMILES string of the molecule is C=CC(=O)N1C(C)(C)CC(N(C)CCCCCCN(c2nc(C)nc(NC)n2)C2CC(C)(C)N(C(=O)C=C)C(C)(C)C2)CC1(C)C.C=CC(=O)N1C(c2ccccc2)CC2(CC1c1ccccc1)OCC(CC)(COC(=O)NCCCCCCCC)CO2.